The van der Waals surface area contributed by atoms with Crippen LogP contribution in [0.1, 0.15) is 20.7 Å². The van der Waals surface area contributed by atoms with Crippen LogP contribution >= 0.6 is 0 Å². The quantitative estimate of drug-likeness (QED) is 0.786. The highest BCUT2D eigenvalue weighted by Gasteiger charge is 2.17. The summed E-state index contributed by atoms with van der Waals surface area (Å²) < 4.78 is 0. The van der Waals surface area contributed by atoms with Gasteiger partial charge < -0.3 is 10.2 Å². The van der Waals surface area contributed by atoms with Crippen LogP contribution < -0.4 is 0 Å². The van der Waals surface area contributed by atoms with Crippen LogP contribution in [0.15, 0.2) is 24.5 Å². The minimum atomic E-state index is -0.390. The highest BCUT2D eigenvalue weighted by Crippen LogP contribution is 2.34. The number of hydrogen-bond donors (Lipinski definition) is 2. The molecule has 18 heavy (non-hydrogen) atoms. The third-order valence-electron chi connectivity index (χ3n) is 2.39. The van der Waals surface area contributed by atoms with E-state index in [1.807, 2.05) is 0 Å². The number of rotatable bonds is 3. The zero-order chi connectivity index (χ0) is 13.1. The van der Waals surface area contributed by atoms with Crippen LogP contribution in [0.3, 0.4) is 0 Å². The van der Waals surface area contributed by atoms with Gasteiger partial charge in [-0.3, -0.25) is 19.6 Å². The van der Waals surface area contributed by atoms with E-state index in [-0.39, 0.29) is 22.5 Å². The maximum absolute atomic E-state index is 10.7. The molecule has 0 aliphatic heterocycles. The van der Waals surface area contributed by atoms with Crippen molar-refractivity contribution in [2.75, 3.05) is 0 Å². The fourth-order valence-electron chi connectivity index (χ4n) is 1.47. The maximum Gasteiger partial charge on any atom is 0.154 e. The molecule has 0 amide bonds. The number of aromatic hydroxyl groups is 2. The second-order valence-electron chi connectivity index (χ2n) is 3.43. The molecule has 2 rings (SSSR count). The van der Waals surface area contributed by atoms with Gasteiger partial charge in [-0.05, 0) is 12.1 Å². The SMILES string of the molecule is O=Cc1ccnc(-c2nccc(C=O)c2O)c1O. The van der Waals surface area contributed by atoms with Crippen LogP contribution in [0.25, 0.3) is 11.4 Å². The van der Waals surface area contributed by atoms with Gasteiger partial charge in [-0.2, -0.15) is 0 Å². The Morgan fingerprint density at radius 2 is 1.22 bits per heavy atom. The van der Waals surface area contributed by atoms with Gasteiger partial charge in [0.25, 0.3) is 0 Å². The summed E-state index contributed by atoms with van der Waals surface area (Å²) in [5, 5.41) is 19.6. The highest BCUT2D eigenvalue weighted by atomic mass is 16.3. The molecule has 0 aliphatic rings. The van der Waals surface area contributed by atoms with E-state index in [1.54, 1.807) is 0 Å². The molecule has 0 spiro atoms. The number of aromatic nitrogens is 2. The first kappa shape index (κ1) is 11.7. The molecule has 0 saturated heterocycles. The van der Waals surface area contributed by atoms with Gasteiger partial charge in [-0.1, -0.05) is 0 Å². The summed E-state index contributed by atoms with van der Waals surface area (Å²) in [6.07, 6.45) is 3.52. The first-order valence-corrected chi connectivity index (χ1v) is 4.95. The third-order valence-corrected chi connectivity index (χ3v) is 2.39. The van der Waals surface area contributed by atoms with Gasteiger partial charge in [0.05, 0.1) is 11.1 Å². The lowest BCUT2D eigenvalue weighted by atomic mass is 10.1. The van der Waals surface area contributed by atoms with Gasteiger partial charge in [0.15, 0.2) is 24.1 Å². The molecular weight excluding hydrogens is 236 g/mol. The van der Waals surface area contributed by atoms with E-state index in [9.17, 15) is 19.8 Å². The fraction of sp³-hybridized carbons (Fsp3) is 0. The van der Waals surface area contributed by atoms with Crippen molar-refractivity contribution in [3.05, 3.63) is 35.7 Å². The van der Waals surface area contributed by atoms with Crippen molar-refractivity contribution < 1.29 is 19.8 Å². The number of carbonyl (C=O) groups excluding carboxylic acids is 2. The monoisotopic (exact) mass is 244 g/mol. The van der Waals surface area contributed by atoms with Crippen LogP contribution in [0, 0.1) is 0 Å². The average Bonchev–Trinajstić information content (AvgIpc) is 2.40. The molecule has 0 bridgehead atoms. The molecule has 0 aromatic carbocycles. The average molecular weight is 244 g/mol. The molecule has 2 aromatic heterocycles. The second-order valence-corrected chi connectivity index (χ2v) is 3.43. The molecule has 0 aliphatic carbocycles. The zero-order valence-corrected chi connectivity index (χ0v) is 9.07. The molecule has 0 radical (unpaired) electrons. The number of pyridine rings is 2. The fourth-order valence-corrected chi connectivity index (χ4v) is 1.47. The van der Waals surface area contributed by atoms with Gasteiger partial charge >= 0.3 is 0 Å². The lowest BCUT2D eigenvalue weighted by Gasteiger charge is -2.07. The number of aldehydes is 2. The van der Waals surface area contributed by atoms with Crippen molar-refractivity contribution in [1.29, 1.82) is 0 Å². The summed E-state index contributed by atoms with van der Waals surface area (Å²) in [4.78, 5) is 29.1. The highest BCUT2D eigenvalue weighted by molar-refractivity contribution is 5.87. The molecule has 90 valence electrons. The van der Waals surface area contributed by atoms with Crippen molar-refractivity contribution in [1.82, 2.24) is 9.97 Å². The van der Waals surface area contributed by atoms with Gasteiger partial charge in [0.1, 0.15) is 11.4 Å². The van der Waals surface area contributed by atoms with E-state index < -0.39 is 11.5 Å². The number of carbonyl (C=O) groups is 2. The Morgan fingerprint density at radius 1 is 0.833 bits per heavy atom. The van der Waals surface area contributed by atoms with Crippen molar-refractivity contribution in [3.8, 4) is 22.9 Å². The molecule has 0 atom stereocenters. The van der Waals surface area contributed by atoms with E-state index in [1.165, 1.54) is 24.5 Å². The van der Waals surface area contributed by atoms with Crippen molar-refractivity contribution in [2.45, 2.75) is 0 Å². The molecule has 0 saturated carbocycles. The molecular formula is C12H8N2O4. The predicted molar refractivity (Wildman–Crippen MR) is 61.6 cm³/mol. The van der Waals surface area contributed by atoms with Gasteiger partial charge in [0.2, 0.25) is 0 Å². The molecule has 6 heteroatoms. The first-order valence-electron chi connectivity index (χ1n) is 4.95. The Labute approximate surface area is 102 Å². The zero-order valence-electron chi connectivity index (χ0n) is 9.07. The van der Waals surface area contributed by atoms with E-state index >= 15 is 0 Å². The lowest BCUT2D eigenvalue weighted by Crippen LogP contribution is -1.94. The van der Waals surface area contributed by atoms with Gasteiger partial charge in [-0.25, -0.2) is 0 Å². The van der Waals surface area contributed by atoms with Gasteiger partial charge in [-0.15, -0.1) is 0 Å². The standard InChI is InChI=1S/C12H8N2O4/c15-5-7-1-3-13-9(11(7)17)10-12(18)8(6-16)2-4-14-10/h1-6,17-18H. The first-order chi connectivity index (χ1) is 8.69. The minimum Gasteiger partial charge on any atom is -0.505 e. The molecule has 2 aromatic rings. The summed E-state index contributed by atoms with van der Waals surface area (Å²) in [5.41, 5.74) is -0.0583. The third kappa shape index (κ3) is 1.80. The van der Waals surface area contributed by atoms with Crippen LogP contribution in [0.5, 0.6) is 11.5 Å². The van der Waals surface area contributed by atoms with Crippen LogP contribution in [-0.2, 0) is 0 Å². The number of nitrogens with zero attached hydrogens (tertiary/aromatic N) is 2. The van der Waals surface area contributed by atoms with E-state index in [0.29, 0.717) is 12.6 Å². The Morgan fingerprint density at radius 3 is 1.56 bits per heavy atom. The van der Waals surface area contributed by atoms with E-state index in [2.05, 4.69) is 9.97 Å². The van der Waals surface area contributed by atoms with E-state index in [0.717, 1.165) is 0 Å². The Kier molecular flexibility index (Phi) is 3.01. The summed E-state index contributed by atoms with van der Waals surface area (Å²) in [5.74, 6) is -0.781. The molecule has 0 fully saturated rings. The summed E-state index contributed by atoms with van der Waals surface area (Å²) in [6, 6.07) is 2.65. The van der Waals surface area contributed by atoms with Crippen molar-refractivity contribution in [3.63, 3.8) is 0 Å². The van der Waals surface area contributed by atoms with Crippen LogP contribution in [0.2, 0.25) is 0 Å². The summed E-state index contributed by atoms with van der Waals surface area (Å²) in [6.45, 7) is 0. The van der Waals surface area contributed by atoms with Crippen molar-refractivity contribution in [2.24, 2.45) is 0 Å². The lowest BCUT2D eigenvalue weighted by molar-refractivity contribution is 0.111. The number of hydrogen-bond acceptors (Lipinski definition) is 6. The topological polar surface area (TPSA) is 100 Å². The minimum absolute atomic E-state index is 0.0257. The predicted octanol–water partition coefficient (Wildman–Crippen LogP) is 1.18. The molecule has 2 N–H and O–H groups in total. The second kappa shape index (κ2) is 4.62. The Bertz CT molecular complexity index is 570. The molecule has 2 heterocycles. The normalized spacial score (nSPS) is 10.0. The molecule has 0 unspecified atom stereocenters. The van der Waals surface area contributed by atoms with Gasteiger partial charge in [0, 0.05) is 12.4 Å². The smallest absolute Gasteiger partial charge is 0.154 e. The Hall–Kier alpha value is -2.76. The maximum atomic E-state index is 10.7. The summed E-state index contributed by atoms with van der Waals surface area (Å²) >= 11 is 0. The summed E-state index contributed by atoms with van der Waals surface area (Å²) in [7, 11) is 0. The van der Waals surface area contributed by atoms with Crippen LogP contribution in [0.4, 0.5) is 0 Å². The largest absolute Gasteiger partial charge is 0.505 e. The van der Waals surface area contributed by atoms with E-state index in [4.69, 9.17) is 0 Å². The van der Waals surface area contributed by atoms with Crippen molar-refractivity contribution >= 4 is 12.6 Å². The van der Waals surface area contributed by atoms with Crippen LogP contribution in [-0.4, -0.2) is 32.8 Å². The Balaban J connectivity index is 2.69. The molecule has 6 nitrogen and oxygen atoms in total.